The van der Waals surface area contributed by atoms with Crippen LogP contribution >= 0.6 is 0 Å². The highest BCUT2D eigenvalue weighted by Crippen LogP contribution is 2.33. The molecule has 8 nitrogen and oxygen atoms in total. The van der Waals surface area contributed by atoms with Crippen molar-refractivity contribution >= 4 is 34.6 Å². The Hall–Kier alpha value is -3.88. The van der Waals surface area contributed by atoms with Crippen molar-refractivity contribution in [2.45, 2.75) is 71.1 Å². The van der Waals surface area contributed by atoms with Gasteiger partial charge >= 0.3 is 12.1 Å². The monoisotopic (exact) mass is 509 g/mol. The lowest BCUT2D eigenvalue weighted by atomic mass is 9.91. The second-order valence-corrected chi connectivity index (χ2v) is 10.4. The molecule has 0 radical (unpaired) electrons. The van der Waals surface area contributed by atoms with Gasteiger partial charge in [-0.1, -0.05) is 12.1 Å². The van der Waals surface area contributed by atoms with E-state index in [0.717, 1.165) is 16.8 Å². The lowest BCUT2D eigenvalue weighted by Gasteiger charge is -2.25. The first kappa shape index (κ1) is 26.2. The molecule has 0 unspecified atom stereocenters. The Morgan fingerprint density at radius 1 is 1.16 bits per heavy atom. The number of benzene rings is 2. The van der Waals surface area contributed by atoms with E-state index < -0.39 is 17.7 Å². The molecule has 1 heterocycles. The van der Waals surface area contributed by atoms with Gasteiger partial charge in [-0.15, -0.1) is 0 Å². The van der Waals surface area contributed by atoms with Gasteiger partial charge in [-0.25, -0.2) is 9.18 Å². The molecule has 1 aliphatic rings. The fourth-order valence-corrected chi connectivity index (χ4v) is 4.84. The van der Waals surface area contributed by atoms with Gasteiger partial charge in [-0.2, -0.15) is 0 Å². The summed E-state index contributed by atoms with van der Waals surface area (Å²) in [5.41, 5.74) is 3.38. The zero-order valence-corrected chi connectivity index (χ0v) is 21.3. The number of amides is 2. The van der Waals surface area contributed by atoms with E-state index in [1.54, 1.807) is 37.5 Å². The maximum Gasteiger partial charge on any atom is 0.412 e. The molecule has 2 aromatic carbocycles. The molecule has 0 spiro atoms. The van der Waals surface area contributed by atoms with Gasteiger partial charge in [0.15, 0.2) is 0 Å². The van der Waals surface area contributed by atoms with Crippen molar-refractivity contribution in [1.29, 1.82) is 0 Å². The number of aryl methyl sites for hydroxylation is 1. The Labute approximate surface area is 214 Å². The fourth-order valence-electron chi connectivity index (χ4n) is 4.84. The third-order valence-electron chi connectivity index (χ3n) is 6.30. The Bertz CT molecular complexity index is 1340. The Morgan fingerprint density at radius 3 is 2.68 bits per heavy atom. The topological polar surface area (TPSA) is 110 Å². The number of carbonyl (C=O) groups is 3. The van der Waals surface area contributed by atoms with Crippen molar-refractivity contribution < 1.29 is 28.6 Å². The average Bonchev–Trinajstić information content (AvgIpc) is 3.08. The molecule has 37 heavy (non-hydrogen) atoms. The van der Waals surface area contributed by atoms with Crippen LogP contribution in [0.4, 0.5) is 14.9 Å². The van der Waals surface area contributed by atoms with E-state index in [9.17, 15) is 23.9 Å². The van der Waals surface area contributed by atoms with Gasteiger partial charge in [-0.05, 0) is 87.9 Å². The number of aromatic nitrogens is 1. The number of carbonyl (C=O) groups excluding carboxylic acids is 2. The molecule has 0 saturated carbocycles. The van der Waals surface area contributed by atoms with Crippen molar-refractivity contribution in [3.63, 3.8) is 0 Å². The number of nitrogens with zero attached hydrogens (tertiary/aromatic N) is 1. The number of nitrogens with one attached hydrogen (secondary N) is 2. The fraction of sp³-hybridized carbons (Fsp3) is 0.393. The summed E-state index contributed by atoms with van der Waals surface area (Å²) in [5.74, 6) is -1.43. The molecule has 1 aromatic heterocycles. The summed E-state index contributed by atoms with van der Waals surface area (Å²) in [6.45, 7) is 5.19. The number of hydrogen-bond acceptors (Lipinski definition) is 4. The van der Waals surface area contributed by atoms with Gasteiger partial charge in [0.1, 0.15) is 18.0 Å². The number of carboxylic acid groups (broad SMARTS) is 1. The lowest BCUT2D eigenvalue weighted by molar-refractivity contribution is -0.137. The van der Waals surface area contributed by atoms with E-state index in [0.29, 0.717) is 42.3 Å². The van der Waals surface area contributed by atoms with Crippen LogP contribution in [0.3, 0.4) is 0 Å². The summed E-state index contributed by atoms with van der Waals surface area (Å²) in [7, 11) is 0. The van der Waals surface area contributed by atoms with Crippen molar-refractivity contribution in [2.24, 2.45) is 0 Å². The molecule has 9 heteroatoms. The van der Waals surface area contributed by atoms with E-state index in [1.165, 1.54) is 12.1 Å². The summed E-state index contributed by atoms with van der Waals surface area (Å²) in [6, 6.07) is 11.6. The van der Waals surface area contributed by atoms with Crippen LogP contribution in [0, 0.1) is 5.82 Å². The smallest absolute Gasteiger partial charge is 0.412 e. The number of aliphatic carboxylic acids is 1. The van der Waals surface area contributed by atoms with Crippen LogP contribution in [-0.2, 0) is 40.1 Å². The summed E-state index contributed by atoms with van der Waals surface area (Å²) in [5, 5.41) is 15.8. The van der Waals surface area contributed by atoms with Crippen molar-refractivity contribution in [3.8, 4) is 0 Å². The Balaban J connectivity index is 1.37. The van der Waals surface area contributed by atoms with Crippen molar-refractivity contribution in [3.05, 3.63) is 65.1 Å². The lowest BCUT2D eigenvalue weighted by Crippen LogP contribution is -2.39. The van der Waals surface area contributed by atoms with E-state index in [2.05, 4.69) is 10.6 Å². The molecular formula is C28H32FN3O5. The highest BCUT2D eigenvalue weighted by molar-refractivity contribution is 5.88. The third kappa shape index (κ3) is 6.67. The second-order valence-electron chi connectivity index (χ2n) is 10.4. The van der Waals surface area contributed by atoms with Gasteiger partial charge in [0.25, 0.3) is 0 Å². The van der Waals surface area contributed by atoms with Crippen LogP contribution in [0.1, 0.15) is 50.4 Å². The molecular weight excluding hydrogens is 477 g/mol. The standard InChI is InChI=1S/C28H32FN3O5/c1-28(2,3)37-27(36)31-19-6-4-5-17(13-19)7-12-25(33)30-20-9-11-24-22(15-20)21-14-18(29)8-10-23(21)32(24)16-26(34)35/h4-6,8,10,13-14,20H,7,9,11-12,15-16H2,1-3H3,(H,30,33)(H,31,36)(H,34,35)/t20-/m0/s1. The van der Waals surface area contributed by atoms with Crippen LogP contribution in [-0.4, -0.2) is 39.3 Å². The summed E-state index contributed by atoms with van der Waals surface area (Å²) >= 11 is 0. The SMILES string of the molecule is CC(C)(C)OC(=O)Nc1cccc(CCC(=O)N[C@H]2CCc3c(c4cc(F)ccc4n3CC(=O)O)C2)c1. The first-order valence-corrected chi connectivity index (χ1v) is 12.4. The molecule has 0 saturated heterocycles. The van der Waals surface area contributed by atoms with E-state index >= 15 is 0 Å². The normalized spacial score (nSPS) is 15.2. The van der Waals surface area contributed by atoms with E-state index in [1.807, 2.05) is 18.2 Å². The maximum atomic E-state index is 14.0. The third-order valence-corrected chi connectivity index (χ3v) is 6.30. The van der Waals surface area contributed by atoms with Crippen LogP contribution < -0.4 is 10.6 Å². The highest BCUT2D eigenvalue weighted by Gasteiger charge is 2.27. The van der Waals surface area contributed by atoms with Crippen LogP contribution in [0.2, 0.25) is 0 Å². The van der Waals surface area contributed by atoms with Gasteiger partial charge in [0, 0.05) is 34.7 Å². The minimum absolute atomic E-state index is 0.0978. The number of carboxylic acids is 1. The largest absolute Gasteiger partial charge is 0.480 e. The first-order valence-electron chi connectivity index (χ1n) is 12.4. The molecule has 3 N–H and O–H groups in total. The molecule has 2 amide bonds. The first-order chi connectivity index (χ1) is 17.5. The maximum absolute atomic E-state index is 14.0. The molecule has 1 aliphatic carbocycles. The number of ether oxygens (including phenoxy) is 1. The van der Waals surface area contributed by atoms with E-state index in [4.69, 9.17) is 4.74 Å². The van der Waals surface area contributed by atoms with Crippen LogP contribution in [0.25, 0.3) is 10.9 Å². The summed E-state index contributed by atoms with van der Waals surface area (Å²) in [6.07, 6.45) is 2.02. The number of fused-ring (bicyclic) bond motifs is 3. The molecule has 196 valence electrons. The molecule has 4 rings (SSSR count). The minimum atomic E-state index is -0.954. The molecule has 0 bridgehead atoms. The number of anilines is 1. The van der Waals surface area contributed by atoms with Gasteiger partial charge in [0.05, 0.1) is 0 Å². The van der Waals surface area contributed by atoms with Crippen molar-refractivity contribution in [2.75, 3.05) is 5.32 Å². The van der Waals surface area contributed by atoms with Crippen LogP contribution in [0.5, 0.6) is 0 Å². The molecule has 1 atom stereocenters. The van der Waals surface area contributed by atoms with Gasteiger partial charge in [0.2, 0.25) is 5.91 Å². The predicted molar refractivity (Wildman–Crippen MR) is 138 cm³/mol. The van der Waals surface area contributed by atoms with Crippen LogP contribution in [0.15, 0.2) is 42.5 Å². The minimum Gasteiger partial charge on any atom is -0.480 e. The second kappa shape index (κ2) is 10.6. The van der Waals surface area contributed by atoms with Crippen molar-refractivity contribution in [1.82, 2.24) is 9.88 Å². The van der Waals surface area contributed by atoms with Gasteiger partial charge < -0.3 is 19.7 Å². The molecule has 0 aliphatic heterocycles. The summed E-state index contributed by atoms with van der Waals surface area (Å²) < 4.78 is 21.0. The quantitative estimate of drug-likeness (QED) is 0.423. The zero-order chi connectivity index (χ0) is 26.7. The predicted octanol–water partition coefficient (Wildman–Crippen LogP) is 4.82. The van der Waals surface area contributed by atoms with Gasteiger partial charge in [-0.3, -0.25) is 14.9 Å². The highest BCUT2D eigenvalue weighted by atomic mass is 19.1. The summed E-state index contributed by atoms with van der Waals surface area (Å²) in [4.78, 5) is 36.2. The molecule has 3 aromatic rings. The Kier molecular flexibility index (Phi) is 7.52. The number of hydrogen-bond donors (Lipinski definition) is 3. The molecule has 0 fully saturated rings. The zero-order valence-electron chi connectivity index (χ0n) is 21.3. The number of rotatable bonds is 7. The number of halogens is 1. The Morgan fingerprint density at radius 2 is 1.95 bits per heavy atom. The van der Waals surface area contributed by atoms with E-state index in [-0.39, 0.29) is 30.7 Å². The average molecular weight is 510 g/mol.